The van der Waals surface area contributed by atoms with Crippen molar-refractivity contribution in [1.29, 1.82) is 0 Å². The SMILES string of the molecule is CNC(=O)C(O)C(CC1CC1)NC(=O)[C@@H]1[C@@H]2[C@H](CN1C(=O)[C@@H](NC(=O)C(F)(F)F)C(C)(C)C)C2(C)C. The van der Waals surface area contributed by atoms with E-state index in [9.17, 15) is 37.5 Å². The number of fused-ring (bicyclic) bond motifs is 1. The third-order valence-electron chi connectivity index (χ3n) is 7.91. The van der Waals surface area contributed by atoms with Gasteiger partial charge in [-0.05, 0) is 35.0 Å². The van der Waals surface area contributed by atoms with Crippen LogP contribution in [0.15, 0.2) is 0 Å². The quantitative estimate of drug-likeness (QED) is 0.381. The van der Waals surface area contributed by atoms with Crippen LogP contribution in [-0.4, -0.2) is 77.6 Å². The van der Waals surface area contributed by atoms with Crippen molar-refractivity contribution in [3.05, 3.63) is 0 Å². The number of halogens is 3. The number of aliphatic hydroxyl groups is 1. The van der Waals surface area contributed by atoms with Gasteiger partial charge >= 0.3 is 12.1 Å². The van der Waals surface area contributed by atoms with Gasteiger partial charge in [-0.1, -0.05) is 47.5 Å². The van der Waals surface area contributed by atoms with E-state index in [4.69, 9.17) is 0 Å². The van der Waals surface area contributed by atoms with Crippen molar-refractivity contribution < 1.29 is 37.5 Å². The summed E-state index contributed by atoms with van der Waals surface area (Å²) in [6, 6.07) is -3.38. The maximum Gasteiger partial charge on any atom is 0.471 e. The molecule has 36 heavy (non-hydrogen) atoms. The first-order valence-electron chi connectivity index (χ1n) is 12.3. The number of amides is 4. The first-order chi connectivity index (χ1) is 16.4. The summed E-state index contributed by atoms with van der Waals surface area (Å²) in [7, 11) is 1.37. The molecule has 0 bridgehead atoms. The number of rotatable bonds is 8. The average Bonchev–Trinajstić information content (AvgIpc) is 3.61. The van der Waals surface area contributed by atoms with Gasteiger partial charge < -0.3 is 26.0 Å². The van der Waals surface area contributed by atoms with E-state index in [1.54, 1.807) is 0 Å². The summed E-state index contributed by atoms with van der Waals surface area (Å²) in [5.41, 5.74) is -1.33. The Balaban J connectivity index is 1.85. The molecule has 1 saturated heterocycles. The van der Waals surface area contributed by atoms with Crippen LogP contribution in [0.4, 0.5) is 13.2 Å². The number of likely N-dealkylation sites (tertiary alicyclic amines) is 1. The van der Waals surface area contributed by atoms with Gasteiger partial charge in [0.1, 0.15) is 12.1 Å². The minimum atomic E-state index is -5.16. The number of piperidine rings is 1. The zero-order chi connectivity index (χ0) is 27.4. The Morgan fingerprint density at radius 1 is 1.08 bits per heavy atom. The van der Waals surface area contributed by atoms with E-state index in [0.717, 1.165) is 12.8 Å². The number of carbonyl (C=O) groups excluding carboxylic acids is 4. The highest BCUT2D eigenvalue weighted by Crippen LogP contribution is 2.65. The van der Waals surface area contributed by atoms with Gasteiger partial charge in [0.15, 0.2) is 6.10 Å². The second-order valence-corrected chi connectivity index (χ2v) is 12.0. The van der Waals surface area contributed by atoms with Gasteiger partial charge in [0.05, 0.1) is 6.04 Å². The molecule has 4 amide bonds. The van der Waals surface area contributed by atoms with Crippen LogP contribution in [0.3, 0.4) is 0 Å². The molecule has 2 unspecified atom stereocenters. The van der Waals surface area contributed by atoms with E-state index in [2.05, 4.69) is 10.6 Å². The molecule has 2 aliphatic carbocycles. The van der Waals surface area contributed by atoms with Gasteiger partial charge in [-0.25, -0.2) is 0 Å². The summed E-state index contributed by atoms with van der Waals surface area (Å²) in [5.74, 6) is -4.21. The van der Waals surface area contributed by atoms with Crippen LogP contribution in [0.5, 0.6) is 0 Å². The summed E-state index contributed by atoms with van der Waals surface area (Å²) in [6.07, 6.45) is -4.41. The van der Waals surface area contributed by atoms with Crippen LogP contribution < -0.4 is 16.0 Å². The minimum absolute atomic E-state index is 0.0399. The van der Waals surface area contributed by atoms with Gasteiger partial charge in [-0.3, -0.25) is 19.2 Å². The Bertz CT molecular complexity index is 912. The second kappa shape index (κ2) is 9.50. The average molecular weight is 519 g/mol. The van der Waals surface area contributed by atoms with Gasteiger partial charge in [0.25, 0.3) is 5.91 Å². The third-order valence-corrected chi connectivity index (χ3v) is 7.91. The number of hydrogen-bond acceptors (Lipinski definition) is 5. The Morgan fingerprint density at radius 2 is 1.67 bits per heavy atom. The first-order valence-corrected chi connectivity index (χ1v) is 12.3. The van der Waals surface area contributed by atoms with Gasteiger partial charge in [-0.15, -0.1) is 0 Å². The maximum atomic E-state index is 13.6. The lowest BCUT2D eigenvalue weighted by molar-refractivity contribution is -0.176. The monoisotopic (exact) mass is 518 g/mol. The maximum absolute atomic E-state index is 13.6. The highest BCUT2D eigenvalue weighted by molar-refractivity contribution is 5.95. The molecule has 204 valence electrons. The smallest absolute Gasteiger partial charge is 0.381 e. The lowest BCUT2D eigenvalue weighted by atomic mass is 9.85. The standard InChI is InChI=1S/C24H37F3N4O5/c1-22(2,3)17(30-21(36)24(25,26)27)20(35)31-10-12-14(23(12,4)5)15(31)18(33)29-13(9-11-7-8-11)16(32)19(34)28-6/h11-17,32H,7-10H2,1-6H3,(H,28,34)(H,29,33)(H,30,36)/t12-,13?,14-,15-,16?,17+/m0/s1. The van der Waals surface area contributed by atoms with Crippen molar-refractivity contribution in [3.63, 3.8) is 0 Å². The number of nitrogens with zero attached hydrogens (tertiary/aromatic N) is 1. The molecule has 3 fully saturated rings. The number of nitrogens with one attached hydrogen (secondary N) is 3. The number of alkyl halides is 3. The Morgan fingerprint density at radius 3 is 2.14 bits per heavy atom. The normalized spacial score (nSPS) is 27.4. The summed E-state index contributed by atoms with van der Waals surface area (Å²) in [6.45, 7) is 8.68. The van der Waals surface area contributed by atoms with E-state index in [-0.39, 0.29) is 29.7 Å². The topological polar surface area (TPSA) is 128 Å². The largest absolute Gasteiger partial charge is 0.471 e. The van der Waals surface area contributed by atoms with E-state index >= 15 is 0 Å². The van der Waals surface area contributed by atoms with E-state index in [0.29, 0.717) is 6.42 Å². The van der Waals surface area contributed by atoms with Crippen molar-refractivity contribution >= 4 is 23.6 Å². The van der Waals surface area contributed by atoms with Crippen LogP contribution in [0.2, 0.25) is 0 Å². The molecule has 1 heterocycles. The lowest BCUT2D eigenvalue weighted by Crippen LogP contribution is -2.61. The molecule has 0 spiro atoms. The molecule has 2 saturated carbocycles. The fourth-order valence-electron chi connectivity index (χ4n) is 5.42. The predicted octanol–water partition coefficient (Wildman–Crippen LogP) is 0.954. The zero-order valence-corrected chi connectivity index (χ0v) is 21.5. The minimum Gasteiger partial charge on any atom is -0.381 e. The van der Waals surface area contributed by atoms with Crippen molar-refractivity contribution in [2.45, 2.75) is 84.3 Å². The first kappa shape index (κ1) is 28.2. The third kappa shape index (κ3) is 5.63. The molecule has 4 N–H and O–H groups in total. The molecule has 3 rings (SSSR count). The molecular weight excluding hydrogens is 481 g/mol. The van der Waals surface area contributed by atoms with Crippen LogP contribution in [0.1, 0.15) is 53.9 Å². The molecular formula is C24H37F3N4O5. The lowest BCUT2D eigenvalue weighted by Gasteiger charge is -2.38. The highest BCUT2D eigenvalue weighted by Gasteiger charge is 2.70. The van der Waals surface area contributed by atoms with Crippen molar-refractivity contribution in [2.24, 2.45) is 28.6 Å². The summed E-state index contributed by atoms with van der Waals surface area (Å²) >= 11 is 0. The molecule has 6 atom stereocenters. The molecule has 0 radical (unpaired) electrons. The van der Waals surface area contributed by atoms with Crippen LogP contribution in [0, 0.1) is 28.6 Å². The zero-order valence-electron chi connectivity index (χ0n) is 21.5. The van der Waals surface area contributed by atoms with E-state index < -0.39 is 59.4 Å². The Labute approximate surface area is 208 Å². The van der Waals surface area contributed by atoms with Gasteiger partial charge in [-0.2, -0.15) is 13.2 Å². The van der Waals surface area contributed by atoms with Gasteiger partial charge in [0.2, 0.25) is 11.8 Å². The fraction of sp³-hybridized carbons (Fsp3) is 0.833. The van der Waals surface area contributed by atoms with Crippen LogP contribution in [-0.2, 0) is 19.2 Å². The molecule has 12 heteroatoms. The number of carbonyl (C=O) groups is 4. The molecule has 3 aliphatic rings. The number of aliphatic hydroxyl groups excluding tert-OH is 1. The molecule has 0 aromatic rings. The van der Waals surface area contributed by atoms with Crippen molar-refractivity contribution in [3.8, 4) is 0 Å². The number of hydrogen-bond donors (Lipinski definition) is 4. The van der Waals surface area contributed by atoms with Crippen LogP contribution in [0.25, 0.3) is 0 Å². The predicted molar refractivity (Wildman–Crippen MR) is 123 cm³/mol. The van der Waals surface area contributed by atoms with E-state index in [1.165, 1.54) is 32.7 Å². The molecule has 0 aromatic heterocycles. The highest BCUT2D eigenvalue weighted by atomic mass is 19.4. The summed E-state index contributed by atoms with van der Waals surface area (Å²) in [5, 5.41) is 17.4. The van der Waals surface area contributed by atoms with Crippen molar-refractivity contribution in [2.75, 3.05) is 13.6 Å². The van der Waals surface area contributed by atoms with Crippen LogP contribution >= 0.6 is 0 Å². The second-order valence-electron chi connectivity index (χ2n) is 12.0. The summed E-state index contributed by atoms with van der Waals surface area (Å²) in [4.78, 5) is 52.1. The van der Waals surface area contributed by atoms with Crippen molar-refractivity contribution in [1.82, 2.24) is 20.9 Å². The van der Waals surface area contributed by atoms with Gasteiger partial charge in [0, 0.05) is 13.6 Å². The molecule has 1 aliphatic heterocycles. The Hall–Kier alpha value is -2.37. The summed E-state index contributed by atoms with van der Waals surface area (Å²) < 4.78 is 38.9. The molecule has 9 nitrogen and oxygen atoms in total. The molecule has 0 aromatic carbocycles. The fourth-order valence-corrected chi connectivity index (χ4v) is 5.42. The Kier molecular flexibility index (Phi) is 7.44. The number of likely N-dealkylation sites (N-methyl/N-ethyl adjacent to an activating group) is 1. The van der Waals surface area contributed by atoms with E-state index in [1.807, 2.05) is 19.2 Å².